The lowest BCUT2D eigenvalue weighted by molar-refractivity contribution is 0.0874. The molecule has 1 aromatic carbocycles. The van der Waals surface area contributed by atoms with Gasteiger partial charge in [0.25, 0.3) is 0 Å². The first-order valence-corrected chi connectivity index (χ1v) is 6.45. The summed E-state index contributed by atoms with van der Waals surface area (Å²) in [6.07, 6.45) is 0. The minimum Gasteiger partial charge on any atom is -0.389 e. The minimum atomic E-state index is -0.914. The SMILES string of the molecule is CCN(CC(C)(C)O)c1ccc(C#N)c(Br)c1F. The molecule has 1 rings (SSSR count). The lowest BCUT2D eigenvalue weighted by Gasteiger charge is -2.30. The van der Waals surface area contributed by atoms with E-state index in [0.29, 0.717) is 18.8 Å². The van der Waals surface area contributed by atoms with Crippen LogP contribution < -0.4 is 4.90 Å². The van der Waals surface area contributed by atoms with Crippen LogP contribution >= 0.6 is 15.9 Å². The van der Waals surface area contributed by atoms with Crippen molar-refractivity contribution in [3.8, 4) is 6.07 Å². The van der Waals surface area contributed by atoms with E-state index in [1.54, 1.807) is 30.9 Å². The number of nitriles is 1. The van der Waals surface area contributed by atoms with Gasteiger partial charge in [0.2, 0.25) is 0 Å². The minimum absolute atomic E-state index is 0.164. The van der Waals surface area contributed by atoms with Crippen LogP contribution in [0.5, 0.6) is 0 Å². The zero-order chi connectivity index (χ0) is 13.9. The van der Waals surface area contributed by atoms with Crippen molar-refractivity contribution in [2.75, 3.05) is 18.0 Å². The normalized spacial score (nSPS) is 11.2. The Kier molecular flexibility index (Phi) is 4.71. The number of likely N-dealkylation sites (N-methyl/N-ethyl adjacent to an activating group) is 1. The summed E-state index contributed by atoms with van der Waals surface area (Å²) in [6.45, 7) is 6.12. The smallest absolute Gasteiger partial charge is 0.161 e. The molecule has 0 unspecified atom stereocenters. The van der Waals surface area contributed by atoms with Gasteiger partial charge in [-0.05, 0) is 48.8 Å². The lowest BCUT2D eigenvalue weighted by atomic mass is 10.1. The summed E-state index contributed by atoms with van der Waals surface area (Å²) in [6, 6.07) is 5.04. The molecular weight excluding hydrogens is 299 g/mol. The van der Waals surface area contributed by atoms with Gasteiger partial charge in [-0.2, -0.15) is 5.26 Å². The Labute approximate surface area is 115 Å². The fourth-order valence-electron chi connectivity index (χ4n) is 1.70. The van der Waals surface area contributed by atoms with E-state index in [1.807, 2.05) is 13.0 Å². The molecule has 0 aliphatic carbocycles. The van der Waals surface area contributed by atoms with E-state index >= 15 is 0 Å². The van der Waals surface area contributed by atoms with Gasteiger partial charge in [-0.25, -0.2) is 4.39 Å². The molecule has 0 bridgehead atoms. The first kappa shape index (κ1) is 14.9. The molecule has 0 saturated heterocycles. The Morgan fingerprint density at radius 2 is 2.11 bits per heavy atom. The van der Waals surface area contributed by atoms with Crippen molar-refractivity contribution in [2.45, 2.75) is 26.4 Å². The highest BCUT2D eigenvalue weighted by atomic mass is 79.9. The monoisotopic (exact) mass is 314 g/mol. The van der Waals surface area contributed by atoms with Gasteiger partial charge in [0.1, 0.15) is 6.07 Å². The number of aliphatic hydroxyl groups is 1. The van der Waals surface area contributed by atoms with Crippen molar-refractivity contribution in [2.24, 2.45) is 0 Å². The second-order valence-corrected chi connectivity index (χ2v) is 5.49. The molecular formula is C13H16BrFN2O. The summed E-state index contributed by atoms with van der Waals surface area (Å²) in [4.78, 5) is 1.74. The third-order valence-electron chi connectivity index (χ3n) is 2.48. The molecule has 0 aliphatic rings. The van der Waals surface area contributed by atoms with E-state index in [9.17, 15) is 9.50 Å². The van der Waals surface area contributed by atoms with Crippen LogP contribution in [0.3, 0.4) is 0 Å². The molecule has 0 aliphatic heterocycles. The van der Waals surface area contributed by atoms with Gasteiger partial charge in [-0.1, -0.05) is 0 Å². The maximum Gasteiger partial charge on any atom is 0.161 e. The fraction of sp³-hybridized carbons (Fsp3) is 0.462. The number of hydrogen-bond donors (Lipinski definition) is 1. The van der Waals surface area contributed by atoms with Crippen molar-refractivity contribution < 1.29 is 9.50 Å². The summed E-state index contributed by atoms with van der Waals surface area (Å²) in [5.74, 6) is -0.472. The lowest BCUT2D eigenvalue weighted by Crippen LogP contribution is -2.39. The van der Waals surface area contributed by atoms with Crippen LogP contribution in [0, 0.1) is 17.1 Å². The van der Waals surface area contributed by atoms with Crippen molar-refractivity contribution in [3.63, 3.8) is 0 Å². The second-order valence-electron chi connectivity index (χ2n) is 4.70. The van der Waals surface area contributed by atoms with E-state index in [1.165, 1.54) is 0 Å². The third kappa shape index (κ3) is 3.44. The summed E-state index contributed by atoms with van der Waals surface area (Å²) >= 11 is 3.08. The van der Waals surface area contributed by atoms with Crippen LogP contribution in [0.15, 0.2) is 16.6 Å². The number of benzene rings is 1. The van der Waals surface area contributed by atoms with E-state index in [4.69, 9.17) is 5.26 Å². The predicted octanol–water partition coefficient (Wildman–Crippen LogP) is 3.06. The molecule has 0 atom stereocenters. The largest absolute Gasteiger partial charge is 0.389 e. The number of halogens is 2. The van der Waals surface area contributed by atoms with Crippen LogP contribution in [0.4, 0.5) is 10.1 Å². The molecule has 0 radical (unpaired) electrons. The van der Waals surface area contributed by atoms with Gasteiger partial charge in [0, 0.05) is 13.1 Å². The van der Waals surface area contributed by atoms with Gasteiger partial charge in [-0.15, -0.1) is 0 Å². The summed E-state index contributed by atoms with van der Waals surface area (Å²) < 4.78 is 14.3. The van der Waals surface area contributed by atoms with E-state index in [2.05, 4.69) is 15.9 Å². The molecule has 5 heteroatoms. The van der Waals surface area contributed by atoms with E-state index in [0.717, 1.165) is 0 Å². The van der Waals surface area contributed by atoms with Gasteiger partial charge >= 0.3 is 0 Å². The highest BCUT2D eigenvalue weighted by Gasteiger charge is 2.21. The average Bonchev–Trinajstić information content (AvgIpc) is 2.29. The van der Waals surface area contributed by atoms with Crippen LogP contribution in [0.25, 0.3) is 0 Å². The van der Waals surface area contributed by atoms with E-state index < -0.39 is 11.4 Å². The number of nitrogens with zero attached hydrogens (tertiary/aromatic N) is 2. The first-order valence-electron chi connectivity index (χ1n) is 5.65. The molecule has 1 aromatic rings. The standard InChI is InChI=1S/C13H16BrFN2O/c1-4-17(8-13(2,3)18)10-6-5-9(7-16)11(14)12(10)15/h5-6,18H,4,8H2,1-3H3. The number of anilines is 1. The Bertz CT molecular complexity index is 477. The molecule has 0 aromatic heterocycles. The third-order valence-corrected chi connectivity index (χ3v) is 3.26. The van der Waals surface area contributed by atoms with Gasteiger partial charge in [-0.3, -0.25) is 0 Å². The van der Waals surface area contributed by atoms with Crippen molar-refractivity contribution in [3.05, 3.63) is 28.0 Å². The van der Waals surface area contributed by atoms with E-state index in [-0.39, 0.29) is 10.0 Å². The Hall–Kier alpha value is -1.12. The van der Waals surface area contributed by atoms with Crippen LogP contribution in [-0.2, 0) is 0 Å². The highest BCUT2D eigenvalue weighted by molar-refractivity contribution is 9.10. The average molecular weight is 315 g/mol. The van der Waals surface area contributed by atoms with Crippen LogP contribution in [-0.4, -0.2) is 23.8 Å². The molecule has 0 heterocycles. The predicted molar refractivity (Wildman–Crippen MR) is 73.0 cm³/mol. The topological polar surface area (TPSA) is 47.3 Å². The molecule has 0 saturated carbocycles. The molecule has 98 valence electrons. The van der Waals surface area contributed by atoms with Gasteiger partial charge in [0.05, 0.1) is 21.3 Å². The molecule has 0 spiro atoms. The van der Waals surface area contributed by atoms with Crippen LogP contribution in [0.1, 0.15) is 26.3 Å². The highest BCUT2D eigenvalue weighted by Crippen LogP contribution is 2.29. The quantitative estimate of drug-likeness (QED) is 0.929. The Morgan fingerprint density at radius 3 is 2.56 bits per heavy atom. The summed E-state index contributed by atoms with van der Waals surface area (Å²) in [7, 11) is 0. The molecule has 3 nitrogen and oxygen atoms in total. The van der Waals surface area contributed by atoms with Gasteiger partial charge in [0.15, 0.2) is 5.82 Å². The Balaban J connectivity index is 3.16. The van der Waals surface area contributed by atoms with Gasteiger partial charge < -0.3 is 10.0 Å². The Morgan fingerprint density at radius 1 is 1.50 bits per heavy atom. The maximum atomic E-state index is 14.1. The van der Waals surface area contributed by atoms with Crippen molar-refractivity contribution in [1.82, 2.24) is 0 Å². The van der Waals surface area contributed by atoms with Crippen molar-refractivity contribution in [1.29, 1.82) is 5.26 Å². The second kappa shape index (κ2) is 5.68. The molecule has 1 N–H and O–H groups in total. The molecule has 18 heavy (non-hydrogen) atoms. The number of hydrogen-bond acceptors (Lipinski definition) is 3. The zero-order valence-electron chi connectivity index (χ0n) is 10.7. The zero-order valence-corrected chi connectivity index (χ0v) is 12.3. The van der Waals surface area contributed by atoms with Crippen LogP contribution in [0.2, 0.25) is 0 Å². The summed E-state index contributed by atoms with van der Waals surface area (Å²) in [5, 5.41) is 18.6. The van der Waals surface area contributed by atoms with Crippen molar-refractivity contribution >= 4 is 21.6 Å². The molecule has 0 fully saturated rings. The first-order chi connectivity index (χ1) is 8.30. The fourth-order valence-corrected chi connectivity index (χ4v) is 2.13. The molecule has 0 amide bonds. The number of rotatable bonds is 4. The maximum absolute atomic E-state index is 14.1. The summed E-state index contributed by atoms with van der Waals surface area (Å²) in [5.41, 5.74) is -0.274.